The maximum Gasteiger partial charge on any atom is 0.264 e. The fourth-order valence-corrected chi connectivity index (χ4v) is 3.43. The van der Waals surface area contributed by atoms with Crippen molar-refractivity contribution in [3.63, 3.8) is 0 Å². The van der Waals surface area contributed by atoms with Crippen molar-refractivity contribution in [2.24, 2.45) is 0 Å². The number of ether oxygens (including phenoxy) is 1. The normalized spacial score (nSPS) is 10.7. The third-order valence-electron chi connectivity index (χ3n) is 4.40. The van der Waals surface area contributed by atoms with E-state index < -0.39 is 0 Å². The van der Waals surface area contributed by atoms with E-state index in [-0.39, 0.29) is 17.6 Å². The van der Waals surface area contributed by atoms with Gasteiger partial charge in [-0.05, 0) is 72.4 Å². The lowest BCUT2D eigenvalue weighted by Gasteiger charge is -2.11. The predicted octanol–water partition coefficient (Wildman–Crippen LogP) is 5.62. The number of fused-ring (bicyclic) bond motifs is 1. The van der Waals surface area contributed by atoms with Gasteiger partial charge in [0.05, 0.1) is 0 Å². The Balaban J connectivity index is 1.27. The first-order valence-corrected chi connectivity index (χ1v) is 10.7. The number of anilines is 1. The number of rotatable bonds is 6. The number of nitrogens with zero attached hydrogens (tertiary/aromatic N) is 1. The second-order valence-corrected chi connectivity index (χ2v) is 8.12. The Morgan fingerprint density at radius 1 is 1.00 bits per heavy atom. The van der Waals surface area contributed by atoms with Gasteiger partial charge in [0.1, 0.15) is 11.3 Å². The number of hydrogen-bond donors (Lipinski definition) is 2. The van der Waals surface area contributed by atoms with Crippen LogP contribution < -0.4 is 15.4 Å². The summed E-state index contributed by atoms with van der Waals surface area (Å²) in [5, 5.41) is 6.94. The van der Waals surface area contributed by atoms with Gasteiger partial charge in [-0.1, -0.05) is 35.3 Å². The minimum atomic E-state index is -0.370. The standard InChI is InChI=1S/C23H17Cl2N3O3S/c24-15-3-8-18(9-4-15)30-13-21(29)28-23(32)26-17-6-1-14(2-7-17)11-22-27-19-12-16(25)5-10-20(19)31-22/h1-10,12H,11,13H2,(H2,26,28,29,32). The molecule has 162 valence electrons. The Hall–Kier alpha value is -3.13. The van der Waals surface area contributed by atoms with E-state index >= 15 is 0 Å². The number of carbonyl (C=O) groups excluding carboxylic acids is 1. The second-order valence-electron chi connectivity index (χ2n) is 6.84. The number of hydrogen-bond acceptors (Lipinski definition) is 5. The lowest BCUT2D eigenvalue weighted by atomic mass is 10.1. The van der Waals surface area contributed by atoms with Crippen LogP contribution in [0.25, 0.3) is 11.1 Å². The summed E-state index contributed by atoms with van der Waals surface area (Å²) in [7, 11) is 0. The molecule has 4 aromatic rings. The quantitative estimate of drug-likeness (QED) is 0.345. The molecule has 6 nitrogen and oxygen atoms in total. The zero-order chi connectivity index (χ0) is 22.5. The van der Waals surface area contributed by atoms with Gasteiger partial charge in [0.15, 0.2) is 23.2 Å². The Bertz CT molecular complexity index is 1260. The highest BCUT2D eigenvalue weighted by atomic mass is 35.5. The van der Waals surface area contributed by atoms with E-state index in [9.17, 15) is 4.79 Å². The Morgan fingerprint density at radius 3 is 2.47 bits per heavy atom. The first-order chi connectivity index (χ1) is 15.4. The number of carbonyl (C=O) groups is 1. The van der Waals surface area contributed by atoms with Gasteiger partial charge in [-0.15, -0.1) is 0 Å². The molecule has 0 aliphatic rings. The van der Waals surface area contributed by atoms with Crippen molar-refractivity contribution in [2.75, 3.05) is 11.9 Å². The van der Waals surface area contributed by atoms with Crippen LogP contribution in [0.3, 0.4) is 0 Å². The molecular formula is C23H17Cl2N3O3S. The Morgan fingerprint density at radius 2 is 1.72 bits per heavy atom. The minimum absolute atomic E-state index is 0.169. The van der Waals surface area contributed by atoms with Crippen molar-refractivity contribution in [1.29, 1.82) is 0 Å². The van der Waals surface area contributed by atoms with Crippen molar-refractivity contribution in [2.45, 2.75) is 6.42 Å². The summed E-state index contributed by atoms with van der Waals surface area (Å²) < 4.78 is 11.1. The molecule has 2 N–H and O–H groups in total. The molecule has 3 aromatic carbocycles. The van der Waals surface area contributed by atoms with Crippen LogP contribution in [0.1, 0.15) is 11.5 Å². The predicted molar refractivity (Wildman–Crippen MR) is 130 cm³/mol. The number of oxazole rings is 1. The Kier molecular flexibility index (Phi) is 6.90. The lowest BCUT2D eigenvalue weighted by Crippen LogP contribution is -2.37. The molecule has 0 atom stereocenters. The van der Waals surface area contributed by atoms with Gasteiger partial charge in [-0.3, -0.25) is 10.1 Å². The topological polar surface area (TPSA) is 76.4 Å². The third kappa shape index (κ3) is 5.97. The van der Waals surface area contributed by atoms with Crippen LogP contribution in [0, 0.1) is 0 Å². The van der Waals surface area contributed by atoms with Crippen LogP contribution >= 0.6 is 35.4 Å². The molecule has 0 spiro atoms. The molecule has 4 rings (SSSR count). The van der Waals surface area contributed by atoms with Crippen molar-refractivity contribution in [3.8, 4) is 5.75 Å². The molecule has 0 bridgehead atoms. The monoisotopic (exact) mass is 485 g/mol. The molecule has 1 heterocycles. The van der Waals surface area contributed by atoms with Gasteiger partial charge in [-0.2, -0.15) is 0 Å². The lowest BCUT2D eigenvalue weighted by molar-refractivity contribution is -0.121. The number of aromatic nitrogens is 1. The van der Waals surface area contributed by atoms with Gasteiger partial charge >= 0.3 is 0 Å². The average Bonchev–Trinajstić information content (AvgIpc) is 3.16. The van der Waals surface area contributed by atoms with E-state index in [1.165, 1.54) is 0 Å². The van der Waals surface area contributed by atoms with Crippen LogP contribution in [-0.2, 0) is 11.2 Å². The van der Waals surface area contributed by atoms with Crippen LogP contribution in [-0.4, -0.2) is 22.6 Å². The van der Waals surface area contributed by atoms with E-state index in [1.807, 2.05) is 24.3 Å². The molecule has 0 fully saturated rings. The molecule has 1 amide bonds. The summed E-state index contributed by atoms with van der Waals surface area (Å²) >= 11 is 17.0. The Labute approximate surface area is 199 Å². The first kappa shape index (κ1) is 22.1. The largest absolute Gasteiger partial charge is 0.484 e. The minimum Gasteiger partial charge on any atom is -0.484 e. The number of benzene rings is 3. The third-order valence-corrected chi connectivity index (χ3v) is 5.09. The summed E-state index contributed by atoms with van der Waals surface area (Å²) in [5.74, 6) is 0.776. The fraction of sp³-hybridized carbons (Fsp3) is 0.0870. The summed E-state index contributed by atoms with van der Waals surface area (Å²) in [6.07, 6.45) is 0.537. The first-order valence-electron chi connectivity index (χ1n) is 9.58. The number of halogens is 2. The molecule has 32 heavy (non-hydrogen) atoms. The highest BCUT2D eigenvalue weighted by molar-refractivity contribution is 7.80. The molecule has 0 saturated carbocycles. The summed E-state index contributed by atoms with van der Waals surface area (Å²) in [5.41, 5.74) is 3.18. The molecule has 9 heteroatoms. The average molecular weight is 486 g/mol. The molecule has 0 unspecified atom stereocenters. The number of thiocarbonyl (C=S) groups is 1. The van der Waals surface area contributed by atoms with Gasteiger partial charge in [0.25, 0.3) is 5.91 Å². The van der Waals surface area contributed by atoms with E-state index in [1.54, 1.807) is 42.5 Å². The van der Waals surface area contributed by atoms with Gasteiger partial charge in [-0.25, -0.2) is 4.98 Å². The van der Waals surface area contributed by atoms with Crippen molar-refractivity contribution >= 4 is 63.2 Å². The molecular weight excluding hydrogens is 469 g/mol. The molecule has 0 aliphatic carbocycles. The maximum atomic E-state index is 12.0. The van der Waals surface area contributed by atoms with Crippen LogP contribution in [0.4, 0.5) is 5.69 Å². The van der Waals surface area contributed by atoms with E-state index in [0.717, 1.165) is 16.8 Å². The van der Waals surface area contributed by atoms with E-state index in [4.69, 9.17) is 44.6 Å². The zero-order valence-corrected chi connectivity index (χ0v) is 18.9. The van der Waals surface area contributed by atoms with Gasteiger partial charge < -0.3 is 14.5 Å². The smallest absolute Gasteiger partial charge is 0.264 e. The molecule has 0 saturated heterocycles. The summed E-state index contributed by atoms with van der Waals surface area (Å²) in [6, 6.07) is 19.7. The highest BCUT2D eigenvalue weighted by Crippen LogP contribution is 2.22. The van der Waals surface area contributed by atoms with Crippen LogP contribution in [0.5, 0.6) is 5.75 Å². The molecule has 1 aromatic heterocycles. The van der Waals surface area contributed by atoms with Crippen molar-refractivity contribution in [1.82, 2.24) is 10.3 Å². The van der Waals surface area contributed by atoms with Crippen LogP contribution in [0.15, 0.2) is 71.1 Å². The number of nitrogens with one attached hydrogen (secondary N) is 2. The van der Waals surface area contributed by atoms with Crippen LogP contribution in [0.2, 0.25) is 10.0 Å². The summed E-state index contributed by atoms with van der Waals surface area (Å²) in [4.78, 5) is 16.5. The van der Waals surface area contributed by atoms with Crippen molar-refractivity contribution < 1.29 is 13.9 Å². The highest BCUT2D eigenvalue weighted by Gasteiger charge is 2.09. The molecule has 0 aliphatic heterocycles. The van der Waals surface area contributed by atoms with Gasteiger partial charge in [0, 0.05) is 22.2 Å². The summed E-state index contributed by atoms with van der Waals surface area (Å²) in [6.45, 7) is -0.169. The fourth-order valence-electron chi connectivity index (χ4n) is 2.91. The van der Waals surface area contributed by atoms with Crippen molar-refractivity contribution in [3.05, 3.63) is 88.2 Å². The SMILES string of the molecule is O=C(COc1ccc(Cl)cc1)NC(=S)Nc1ccc(Cc2nc3cc(Cl)ccc3o2)cc1. The van der Waals surface area contributed by atoms with Gasteiger partial charge in [0.2, 0.25) is 0 Å². The maximum absolute atomic E-state index is 12.0. The second kappa shape index (κ2) is 9.99. The zero-order valence-electron chi connectivity index (χ0n) is 16.6. The van der Waals surface area contributed by atoms with E-state index in [0.29, 0.717) is 33.7 Å². The van der Waals surface area contributed by atoms with E-state index in [2.05, 4.69) is 15.6 Å². The molecule has 0 radical (unpaired) electrons. The number of amides is 1.